The number of fused-ring (bicyclic) bond motifs is 5. The van der Waals surface area contributed by atoms with Gasteiger partial charge in [-0.1, -0.05) is 77.3 Å². The molecule has 3 heterocycles. The van der Waals surface area contributed by atoms with Crippen LogP contribution in [0.25, 0.3) is 10.8 Å². The fourth-order valence-electron chi connectivity index (χ4n) is 5.11. The Morgan fingerprint density at radius 1 is 0.971 bits per heavy atom. The molecule has 2 aromatic carbocycles. The molecule has 0 spiro atoms. The van der Waals surface area contributed by atoms with Crippen LogP contribution in [0.1, 0.15) is 28.4 Å². The normalized spacial score (nSPS) is 20.1. The molecule has 3 atom stereocenters. The fraction of sp³-hybridized carbons (Fsp3) is 0.320. The predicted octanol–water partition coefficient (Wildman–Crippen LogP) is 4.42. The molecule has 2 aliphatic heterocycles. The third kappa shape index (κ3) is 5.00. The van der Waals surface area contributed by atoms with Crippen molar-refractivity contribution in [2.45, 2.75) is 28.8 Å². The molecule has 5 rings (SSSR count). The number of likely N-dealkylation sites (tertiary alicyclic amines) is 1. The highest BCUT2D eigenvalue weighted by Crippen LogP contribution is 2.35. The summed E-state index contributed by atoms with van der Waals surface area (Å²) in [6, 6.07) is 18.5. The molecule has 1 fully saturated rings. The monoisotopic (exact) mass is 548 g/mol. The van der Waals surface area contributed by atoms with Crippen LogP contribution in [-0.4, -0.2) is 43.5 Å². The van der Waals surface area contributed by atoms with E-state index in [-0.39, 0.29) is 23.3 Å². The van der Waals surface area contributed by atoms with Gasteiger partial charge in [0.05, 0.1) is 0 Å². The summed E-state index contributed by atoms with van der Waals surface area (Å²) in [5.74, 6) is 0.0717. The first-order chi connectivity index (χ1) is 16.7. The van der Waals surface area contributed by atoms with Crippen molar-refractivity contribution in [2.75, 3.05) is 13.1 Å². The number of carbonyl (C=O) groups is 1. The summed E-state index contributed by atoms with van der Waals surface area (Å²) in [6.45, 7) is 1.96. The smallest absolute Gasteiger partial charge is 0.253 e. The number of halogens is 3. The van der Waals surface area contributed by atoms with E-state index in [0.29, 0.717) is 30.3 Å². The Hall–Kier alpha value is -2.32. The average molecular weight is 550 g/mol. The van der Waals surface area contributed by atoms with E-state index in [1.807, 2.05) is 51.9 Å². The number of benzene rings is 2. The van der Waals surface area contributed by atoms with E-state index in [2.05, 4.69) is 10.6 Å². The number of aromatic nitrogens is 1. The molecule has 2 N–H and O–H groups in total. The van der Waals surface area contributed by atoms with Gasteiger partial charge in [0, 0.05) is 42.9 Å². The second-order valence-corrected chi connectivity index (χ2v) is 11.8. The van der Waals surface area contributed by atoms with E-state index in [0.717, 1.165) is 22.9 Å². The van der Waals surface area contributed by atoms with Crippen LogP contribution in [0.2, 0.25) is 0 Å². The first-order valence-corrected chi connectivity index (χ1v) is 12.9. The van der Waals surface area contributed by atoms with Crippen molar-refractivity contribution in [3.05, 3.63) is 82.3 Å². The number of rotatable bonds is 3. The Labute approximate surface area is 223 Å². The molecule has 1 aromatic heterocycles. The number of piperidine rings is 1. The molecule has 2 bridgehead atoms. The van der Waals surface area contributed by atoms with Gasteiger partial charge in [0.25, 0.3) is 11.5 Å². The molecule has 1 amide bonds. The summed E-state index contributed by atoms with van der Waals surface area (Å²) in [7, 11) is 0. The molecule has 0 radical (unpaired) electrons. The molecule has 3 aromatic rings. The second kappa shape index (κ2) is 9.62. The standard InChI is InChI=1S/C25H23Cl3N4O2S/c26-25(27,28)23(29-22(34)19-8-3-6-16-5-1-2-7-18(16)19)30-24(35)31-12-15-11-17(14-31)20-9-4-10-21(33)32(20)13-15/h1-10,15,17,23H,11-14H2,(H,29,34)(H,30,35)/t15?,17-,23?/m1/s1. The van der Waals surface area contributed by atoms with Crippen LogP contribution >= 0.6 is 47.0 Å². The summed E-state index contributed by atoms with van der Waals surface area (Å²) in [5.41, 5.74) is 1.52. The fourth-order valence-corrected chi connectivity index (χ4v) is 5.70. The Morgan fingerprint density at radius 2 is 1.71 bits per heavy atom. The van der Waals surface area contributed by atoms with Crippen LogP contribution in [0.3, 0.4) is 0 Å². The highest BCUT2D eigenvalue weighted by Gasteiger charge is 2.39. The molecule has 35 heavy (non-hydrogen) atoms. The van der Waals surface area contributed by atoms with Crippen LogP contribution in [0.4, 0.5) is 0 Å². The third-order valence-corrected chi connectivity index (χ3v) is 7.70. The summed E-state index contributed by atoms with van der Waals surface area (Å²) < 4.78 is 0.0110. The van der Waals surface area contributed by atoms with Gasteiger partial charge >= 0.3 is 0 Å². The lowest BCUT2D eigenvalue weighted by Gasteiger charge is -2.44. The van der Waals surface area contributed by atoms with E-state index in [1.165, 1.54) is 0 Å². The minimum absolute atomic E-state index is 0.0266. The number of thiocarbonyl (C=S) groups is 1. The molecular weight excluding hydrogens is 527 g/mol. The van der Waals surface area contributed by atoms with Gasteiger partial charge in [0.15, 0.2) is 5.11 Å². The molecule has 10 heteroatoms. The van der Waals surface area contributed by atoms with Gasteiger partial charge in [-0.25, -0.2) is 0 Å². The van der Waals surface area contributed by atoms with Crippen LogP contribution in [0.5, 0.6) is 0 Å². The van der Waals surface area contributed by atoms with E-state index in [4.69, 9.17) is 47.0 Å². The largest absolute Gasteiger partial charge is 0.348 e. The maximum Gasteiger partial charge on any atom is 0.253 e. The van der Waals surface area contributed by atoms with Crippen LogP contribution in [0, 0.1) is 5.92 Å². The van der Waals surface area contributed by atoms with Crippen LogP contribution < -0.4 is 16.2 Å². The Bertz CT molecular complexity index is 1350. The van der Waals surface area contributed by atoms with Crippen molar-refractivity contribution in [3.8, 4) is 0 Å². The maximum absolute atomic E-state index is 13.2. The van der Waals surface area contributed by atoms with Crippen molar-refractivity contribution in [2.24, 2.45) is 5.92 Å². The summed E-state index contributed by atoms with van der Waals surface area (Å²) in [4.78, 5) is 27.5. The van der Waals surface area contributed by atoms with Crippen molar-refractivity contribution >= 4 is 68.8 Å². The van der Waals surface area contributed by atoms with Gasteiger partial charge in [0.1, 0.15) is 6.17 Å². The lowest BCUT2D eigenvalue weighted by Crippen LogP contribution is -2.60. The molecule has 0 saturated carbocycles. The number of amides is 1. The van der Waals surface area contributed by atoms with E-state index >= 15 is 0 Å². The quantitative estimate of drug-likeness (QED) is 0.288. The second-order valence-electron chi connectivity index (χ2n) is 9.03. The van der Waals surface area contributed by atoms with Gasteiger partial charge < -0.3 is 20.1 Å². The first kappa shape index (κ1) is 24.4. The van der Waals surface area contributed by atoms with Crippen LogP contribution in [-0.2, 0) is 6.54 Å². The topological polar surface area (TPSA) is 66.4 Å². The number of hydrogen-bond donors (Lipinski definition) is 2. The number of nitrogens with zero attached hydrogens (tertiary/aromatic N) is 2. The third-order valence-electron chi connectivity index (χ3n) is 6.67. The number of carbonyl (C=O) groups excluding carboxylic acids is 1. The Morgan fingerprint density at radius 3 is 2.51 bits per heavy atom. The molecule has 2 unspecified atom stereocenters. The Balaban J connectivity index is 1.33. The van der Waals surface area contributed by atoms with Crippen LogP contribution in [0.15, 0.2) is 65.5 Å². The first-order valence-electron chi connectivity index (χ1n) is 11.3. The molecular formula is C25H23Cl3N4O2S. The van der Waals surface area contributed by atoms with E-state index in [9.17, 15) is 9.59 Å². The maximum atomic E-state index is 13.2. The number of alkyl halides is 3. The zero-order valence-electron chi connectivity index (χ0n) is 18.6. The van der Waals surface area contributed by atoms with Crippen molar-refractivity contribution < 1.29 is 4.79 Å². The highest BCUT2D eigenvalue weighted by molar-refractivity contribution is 7.80. The summed E-state index contributed by atoms with van der Waals surface area (Å²) in [5, 5.41) is 7.99. The predicted molar refractivity (Wildman–Crippen MR) is 144 cm³/mol. The van der Waals surface area contributed by atoms with Gasteiger partial charge in [-0.05, 0) is 47.5 Å². The van der Waals surface area contributed by atoms with E-state index in [1.54, 1.807) is 18.2 Å². The minimum Gasteiger partial charge on any atom is -0.348 e. The molecule has 0 aliphatic carbocycles. The number of hydrogen-bond acceptors (Lipinski definition) is 3. The number of nitrogens with one attached hydrogen (secondary N) is 2. The zero-order chi connectivity index (χ0) is 24.7. The average Bonchev–Trinajstić information content (AvgIpc) is 2.83. The molecule has 6 nitrogen and oxygen atoms in total. The summed E-state index contributed by atoms with van der Waals surface area (Å²) in [6.07, 6.45) is -0.0583. The van der Waals surface area contributed by atoms with Gasteiger partial charge in [-0.15, -0.1) is 0 Å². The molecule has 1 saturated heterocycles. The molecule has 182 valence electrons. The molecule has 2 aliphatic rings. The highest BCUT2D eigenvalue weighted by atomic mass is 35.6. The summed E-state index contributed by atoms with van der Waals surface area (Å²) >= 11 is 24.4. The zero-order valence-corrected chi connectivity index (χ0v) is 21.7. The van der Waals surface area contributed by atoms with Gasteiger partial charge in [-0.3, -0.25) is 9.59 Å². The van der Waals surface area contributed by atoms with E-state index < -0.39 is 9.96 Å². The minimum atomic E-state index is -1.85. The lowest BCUT2D eigenvalue weighted by atomic mass is 9.83. The number of pyridine rings is 1. The van der Waals surface area contributed by atoms with Crippen molar-refractivity contribution in [1.29, 1.82) is 0 Å². The van der Waals surface area contributed by atoms with Gasteiger partial charge in [0.2, 0.25) is 3.79 Å². The Kier molecular flexibility index (Phi) is 6.70. The lowest BCUT2D eigenvalue weighted by molar-refractivity contribution is 0.0934. The van der Waals surface area contributed by atoms with Crippen molar-refractivity contribution in [3.63, 3.8) is 0 Å². The van der Waals surface area contributed by atoms with Gasteiger partial charge in [-0.2, -0.15) is 0 Å². The SMILES string of the molecule is O=C(NC(NC(=S)N1CC2C[C@H](C1)c1cccc(=O)n1C2)C(Cl)(Cl)Cl)c1cccc2ccccc12. The van der Waals surface area contributed by atoms with Crippen molar-refractivity contribution in [1.82, 2.24) is 20.1 Å².